The Morgan fingerprint density at radius 3 is 2.73 bits per heavy atom. The molecule has 0 aliphatic heterocycles. The topological polar surface area (TPSA) is 69.9 Å². The highest BCUT2D eigenvalue weighted by Crippen LogP contribution is 2.14. The van der Waals surface area contributed by atoms with Gasteiger partial charge in [0.1, 0.15) is 5.69 Å². The van der Waals surface area contributed by atoms with Crippen molar-refractivity contribution in [1.29, 1.82) is 0 Å². The van der Waals surface area contributed by atoms with Gasteiger partial charge in [0, 0.05) is 18.0 Å². The number of carbonyl (C=O) groups excluding carboxylic acids is 1. The maximum atomic E-state index is 11.4. The van der Waals surface area contributed by atoms with Crippen LogP contribution in [0.2, 0.25) is 0 Å². The molecule has 2 aromatic heterocycles. The van der Waals surface area contributed by atoms with Crippen LogP contribution in [0, 0.1) is 0 Å². The van der Waals surface area contributed by atoms with Gasteiger partial charge in [-0.25, -0.2) is 9.48 Å². The number of carbonyl (C=O) groups is 1. The zero-order chi connectivity index (χ0) is 15.4. The van der Waals surface area contributed by atoms with Crippen molar-refractivity contribution in [2.24, 2.45) is 0 Å². The highest BCUT2D eigenvalue weighted by molar-refractivity contribution is 5.89. The molecular weight excluding hydrogens is 280 g/mol. The lowest BCUT2D eigenvalue weighted by atomic mass is 10.1. The summed E-state index contributed by atoms with van der Waals surface area (Å²) in [5.41, 5.74) is 3.25. The Kier molecular flexibility index (Phi) is 3.91. The van der Waals surface area contributed by atoms with Gasteiger partial charge in [0.25, 0.3) is 0 Å². The molecule has 3 rings (SSSR count). The average Bonchev–Trinajstić information content (AvgIpc) is 3.04. The van der Waals surface area contributed by atoms with Gasteiger partial charge in [-0.05, 0) is 29.8 Å². The predicted molar refractivity (Wildman–Crippen MR) is 80.1 cm³/mol. The Labute approximate surface area is 127 Å². The zero-order valence-corrected chi connectivity index (χ0v) is 12.0. The number of hydrogen-bond donors (Lipinski definition) is 0. The number of hydrogen-bond acceptors (Lipinski definition) is 5. The van der Waals surface area contributed by atoms with E-state index in [1.54, 1.807) is 29.2 Å². The molecule has 0 unspecified atom stereocenters. The van der Waals surface area contributed by atoms with Crippen molar-refractivity contribution in [3.05, 3.63) is 66.1 Å². The summed E-state index contributed by atoms with van der Waals surface area (Å²) in [6, 6.07) is 11.0. The number of esters is 1. The van der Waals surface area contributed by atoms with E-state index in [-0.39, 0.29) is 5.97 Å². The molecule has 0 saturated carbocycles. The van der Waals surface area contributed by atoms with Crippen LogP contribution >= 0.6 is 0 Å². The van der Waals surface area contributed by atoms with Gasteiger partial charge < -0.3 is 4.74 Å². The first kappa shape index (κ1) is 13.9. The van der Waals surface area contributed by atoms with Crippen molar-refractivity contribution in [2.45, 2.75) is 6.54 Å². The molecule has 0 fully saturated rings. The fourth-order valence-electron chi connectivity index (χ4n) is 2.07. The molecule has 0 aliphatic rings. The summed E-state index contributed by atoms with van der Waals surface area (Å²) in [5.74, 6) is -0.342. The molecule has 0 amide bonds. The summed E-state index contributed by atoms with van der Waals surface area (Å²) in [4.78, 5) is 15.5. The van der Waals surface area contributed by atoms with Gasteiger partial charge in [-0.2, -0.15) is 0 Å². The molecule has 0 spiro atoms. The quantitative estimate of drug-likeness (QED) is 0.690. The SMILES string of the molecule is COC(=O)c1ccc(Cn2cc(-c3cccnc3)nn2)cc1. The molecule has 1 aromatic carbocycles. The van der Waals surface area contributed by atoms with E-state index in [0.717, 1.165) is 16.8 Å². The van der Waals surface area contributed by atoms with Crippen molar-refractivity contribution in [2.75, 3.05) is 7.11 Å². The molecule has 2 heterocycles. The summed E-state index contributed by atoms with van der Waals surface area (Å²) in [5, 5.41) is 8.25. The highest BCUT2D eigenvalue weighted by atomic mass is 16.5. The summed E-state index contributed by atoms with van der Waals surface area (Å²) in [6.07, 6.45) is 5.33. The summed E-state index contributed by atoms with van der Waals surface area (Å²) in [7, 11) is 1.37. The normalized spacial score (nSPS) is 10.4. The Balaban J connectivity index is 1.74. The number of aromatic nitrogens is 4. The maximum Gasteiger partial charge on any atom is 0.337 e. The first-order valence-electron chi connectivity index (χ1n) is 6.74. The van der Waals surface area contributed by atoms with Crippen LogP contribution in [-0.4, -0.2) is 33.1 Å². The van der Waals surface area contributed by atoms with Gasteiger partial charge in [0.2, 0.25) is 0 Å². The highest BCUT2D eigenvalue weighted by Gasteiger charge is 2.06. The third-order valence-electron chi connectivity index (χ3n) is 3.22. The molecule has 3 aromatic rings. The van der Waals surface area contributed by atoms with Crippen molar-refractivity contribution < 1.29 is 9.53 Å². The molecule has 0 radical (unpaired) electrons. The zero-order valence-electron chi connectivity index (χ0n) is 12.0. The molecule has 0 saturated heterocycles. The Bertz CT molecular complexity index is 766. The molecule has 0 N–H and O–H groups in total. The number of nitrogens with zero attached hydrogens (tertiary/aromatic N) is 4. The fourth-order valence-corrected chi connectivity index (χ4v) is 2.07. The van der Waals surface area contributed by atoms with Crippen LogP contribution in [0.25, 0.3) is 11.3 Å². The number of methoxy groups -OCH3 is 1. The van der Waals surface area contributed by atoms with Crippen molar-refractivity contribution in [1.82, 2.24) is 20.0 Å². The van der Waals surface area contributed by atoms with E-state index in [9.17, 15) is 4.79 Å². The molecule has 6 nitrogen and oxygen atoms in total. The molecule has 0 bridgehead atoms. The van der Waals surface area contributed by atoms with Gasteiger partial charge in [-0.15, -0.1) is 5.10 Å². The molecule has 110 valence electrons. The Hall–Kier alpha value is -3.02. The smallest absolute Gasteiger partial charge is 0.337 e. The van der Waals surface area contributed by atoms with E-state index in [1.807, 2.05) is 30.5 Å². The largest absolute Gasteiger partial charge is 0.465 e. The summed E-state index contributed by atoms with van der Waals surface area (Å²) >= 11 is 0. The summed E-state index contributed by atoms with van der Waals surface area (Å²) < 4.78 is 6.42. The second-order valence-electron chi connectivity index (χ2n) is 4.73. The summed E-state index contributed by atoms with van der Waals surface area (Å²) in [6.45, 7) is 0.578. The van der Waals surface area contributed by atoms with E-state index in [2.05, 4.69) is 20.0 Å². The second kappa shape index (κ2) is 6.17. The van der Waals surface area contributed by atoms with Gasteiger partial charge in [-0.3, -0.25) is 4.98 Å². The monoisotopic (exact) mass is 294 g/mol. The molecule has 6 heteroatoms. The number of rotatable bonds is 4. The maximum absolute atomic E-state index is 11.4. The van der Waals surface area contributed by atoms with Crippen molar-refractivity contribution in [3.8, 4) is 11.3 Å². The van der Waals surface area contributed by atoms with Gasteiger partial charge in [0.15, 0.2) is 0 Å². The van der Waals surface area contributed by atoms with Crippen molar-refractivity contribution in [3.63, 3.8) is 0 Å². The van der Waals surface area contributed by atoms with Crippen molar-refractivity contribution >= 4 is 5.97 Å². The minimum atomic E-state index is -0.342. The van der Waals surface area contributed by atoms with Gasteiger partial charge in [-0.1, -0.05) is 17.3 Å². The van der Waals surface area contributed by atoms with E-state index < -0.39 is 0 Å². The average molecular weight is 294 g/mol. The van der Waals surface area contributed by atoms with E-state index in [0.29, 0.717) is 12.1 Å². The van der Waals surface area contributed by atoms with E-state index >= 15 is 0 Å². The first-order valence-corrected chi connectivity index (χ1v) is 6.74. The van der Waals surface area contributed by atoms with Crippen LogP contribution in [-0.2, 0) is 11.3 Å². The van der Waals surface area contributed by atoms with Crippen LogP contribution in [0.15, 0.2) is 55.0 Å². The lowest BCUT2D eigenvalue weighted by Gasteiger charge is -2.03. The second-order valence-corrected chi connectivity index (χ2v) is 4.73. The lowest BCUT2D eigenvalue weighted by Crippen LogP contribution is -2.03. The number of benzene rings is 1. The predicted octanol–water partition coefficient (Wildman–Crippen LogP) is 2.17. The molecule has 22 heavy (non-hydrogen) atoms. The van der Waals surface area contributed by atoms with Crippen LogP contribution in [0.4, 0.5) is 0 Å². The number of ether oxygens (including phenoxy) is 1. The fraction of sp³-hybridized carbons (Fsp3) is 0.125. The molecule has 0 atom stereocenters. The van der Waals surface area contributed by atoms with E-state index in [4.69, 9.17) is 0 Å². The first-order chi connectivity index (χ1) is 10.8. The third-order valence-corrected chi connectivity index (χ3v) is 3.22. The van der Waals surface area contributed by atoms with E-state index in [1.165, 1.54) is 7.11 Å². The Morgan fingerprint density at radius 2 is 2.05 bits per heavy atom. The Morgan fingerprint density at radius 1 is 1.23 bits per heavy atom. The minimum Gasteiger partial charge on any atom is -0.465 e. The van der Waals surface area contributed by atoms with Crippen LogP contribution in [0.1, 0.15) is 15.9 Å². The molecule has 0 aliphatic carbocycles. The standard InChI is InChI=1S/C16H14N4O2/c1-22-16(21)13-6-4-12(5-7-13)10-20-11-15(18-19-20)14-3-2-8-17-9-14/h2-9,11H,10H2,1H3. The van der Waals surface area contributed by atoms with Gasteiger partial charge in [0.05, 0.1) is 25.4 Å². The van der Waals surface area contributed by atoms with Crippen LogP contribution in [0.5, 0.6) is 0 Å². The lowest BCUT2D eigenvalue weighted by molar-refractivity contribution is 0.0600. The number of pyridine rings is 1. The third kappa shape index (κ3) is 3.01. The van der Waals surface area contributed by atoms with Crippen LogP contribution < -0.4 is 0 Å². The minimum absolute atomic E-state index is 0.342. The van der Waals surface area contributed by atoms with Gasteiger partial charge >= 0.3 is 5.97 Å². The van der Waals surface area contributed by atoms with Crippen LogP contribution in [0.3, 0.4) is 0 Å². The molecular formula is C16H14N4O2.